The zero-order valence-corrected chi connectivity index (χ0v) is 11.0. The van der Waals surface area contributed by atoms with Gasteiger partial charge in [-0.05, 0) is 25.0 Å². The third kappa shape index (κ3) is 3.03. The quantitative estimate of drug-likeness (QED) is 0.430. The van der Waals surface area contributed by atoms with Gasteiger partial charge >= 0.3 is 5.69 Å². The summed E-state index contributed by atoms with van der Waals surface area (Å²) < 4.78 is 0. The van der Waals surface area contributed by atoms with Crippen LogP contribution in [0.2, 0.25) is 0 Å². The fourth-order valence-corrected chi connectivity index (χ4v) is 2.25. The summed E-state index contributed by atoms with van der Waals surface area (Å²) in [6.07, 6.45) is 3.15. The maximum atomic E-state index is 12.2. The molecular formula is C12H17N5O3. The second-order valence-electron chi connectivity index (χ2n) is 4.59. The molecule has 0 bridgehead atoms. The maximum Gasteiger partial charge on any atom is 0.306 e. The molecule has 1 saturated heterocycles. The number of rotatable bonds is 4. The summed E-state index contributed by atoms with van der Waals surface area (Å²) in [6, 6.07) is 4.42. The van der Waals surface area contributed by atoms with Crippen molar-refractivity contribution < 1.29 is 9.72 Å². The second-order valence-corrected chi connectivity index (χ2v) is 4.59. The number of nitrogen functional groups attached to an aromatic ring is 1. The zero-order chi connectivity index (χ0) is 14.5. The first-order chi connectivity index (χ1) is 9.63. The molecule has 0 spiro atoms. The second kappa shape index (κ2) is 6.31. The highest BCUT2D eigenvalue weighted by Gasteiger charge is 2.25. The van der Waals surface area contributed by atoms with Gasteiger partial charge in [0.05, 0.1) is 4.92 Å². The van der Waals surface area contributed by atoms with Crippen LogP contribution in [0.3, 0.4) is 0 Å². The van der Waals surface area contributed by atoms with Crippen molar-refractivity contribution in [2.75, 3.05) is 18.5 Å². The number of carbonyl (C=O) groups is 1. The number of nitro groups is 1. The van der Waals surface area contributed by atoms with Crippen LogP contribution in [-0.4, -0.2) is 28.9 Å². The van der Waals surface area contributed by atoms with E-state index in [0.29, 0.717) is 0 Å². The highest BCUT2D eigenvalue weighted by atomic mass is 16.6. The number of para-hydroxylation sites is 1. The lowest BCUT2D eigenvalue weighted by molar-refractivity contribution is -0.384. The van der Waals surface area contributed by atoms with Gasteiger partial charge in [-0.15, -0.1) is 0 Å². The number of hydrazine groups is 2. The molecule has 2 rings (SSSR count). The number of nitrogens with zero attached hydrogens (tertiary/aromatic N) is 2. The van der Waals surface area contributed by atoms with Gasteiger partial charge in [-0.3, -0.25) is 26.2 Å². The van der Waals surface area contributed by atoms with E-state index in [1.165, 1.54) is 12.1 Å². The van der Waals surface area contributed by atoms with E-state index < -0.39 is 10.8 Å². The Bertz CT molecular complexity index is 514. The lowest BCUT2D eigenvalue weighted by atomic mass is 10.1. The SMILES string of the molecule is NNc1cccc(C(=O)NN2CCCCC2)c1[N+](=O)[O-]. The summed E-state index contributed by atoms with van der Waals surface area (Å²) >= 11 is 0. The predicted molar refractivity (Wildman–Crippen MR) is 73.8 cm³/mol. The van der Waals surface area contributed by atoms with Gasteiger partial charge in [-0.1, -0.05) is 12.5 Å². The predicted octanol–water partition coefficient (Wildman–Crippen LogP) is 1.01. The number of amides is 1. The molecule has 1 aromatic carbocycles. The summed E-state index contributed by atoms with van der Waals surface area (Å²) in [5.41, 5.74) is 4.74. The molecule has 20 heavy (non-hydrogen) atoms. The van der Waals surface area contributed by atoms with Crippen molar-refractivity contribution in [1.29, 1.82) is 0 Å². The molecular weight excluding hydrogens is 262 g/mol. The summed E-state index contributed by atoms with van der Waals surface area (Å²) in [4.78, 5) is 22.7. The Morgan fingerprint density at radius 1 is 1.30 bits per heavy atom. The van der Waals surface area contributed by atoms with E-state index in [1.807, 2.05) is 0 Å². The van der Waals surface area contributed by atoms with Gasteiger partial charge in [0.25, 0.3) is 5.91 Å². The highest BCUT2D eigenvalue weighted by molar-refractivity contribution is 6.00. The van der Waals surface area contributed by atoms with Crippen molar-refractivity contribution in [2.45, 2.75) is 19.3 Å². The maximum absolute atomic E-state index is 12.2. The molecule has 1 amide bonds. The van der Waals surface area contributed by atoms with Gasteiger partial charge in [0.2, 0.25) is 0 Å². The van der Waals surface area contributed by atoms with Crippen molar-refractivity contribution >= 4 is 17.3 Å². The van der Waals surface area contributed by atoms with Crippen LogP contribution >= 0.6 is 0 Å². The third-order valence-corrected chi connectivity index (χ3v) is 3.23. The number of benzene rings is 1. The smallest absolute Gasteiger partial charge is 0.306 e. The van der Waals surface area contributed by atoms with Crippen molar-refractivity contribution in [1.82, 2.24) is 10.4 Å². The molecule has 0 unspecified atom stereocenters. The number of carbonyl (C=O) groups excluding carboxylic acids is 1. The Morgan fingerprint density at radius 2 is 2.00 bits per heavy atom. The summed E-state index contributed by atoms with van der Waals surface area (Å²) in [5.74, 6) is 4.76. The van der Waals surface area contributed by atoms with E-state index >= 15 is 0 Å². The number of hydrogen-bond donors (Lipinski definition) is 3. The Morgan fingerprint density at radius 3 is 2.60 bits per heavy atom. The molecule has 0 saturated carbocycles. The van der Waals surface area contributed by atoms with E-state index in [4.69, 9.17) is 5.84 Å². The molecule has 1 aromatic rings. The molecule has 108 valence electrons. The normalized spacial score (nSPS) is 15.7. The lowest BCUT2D eigenvalue weighted by Gasteiger charge is -2.26. The fraction of sp³-hybridized carbons (Fsp3) is 0.417. The minimum Gasteiger partial charge on any atom is -0.318 e. The molecule has 8 nitrogen and oxygen atoms in total. The Labute approximate surface area is 116 Å². The van der Waals surface area contributed by atoms with E-state index in [1.54, 1.807) is 11.1 Å². The minimum atomic E-state index is -0.611. The average molecular weight is 279 g/mol. The van der Waals surface area contributed by atoms with Crippen LogP contribution < -0.4 is 16.7 Å². The third-order valence-electron chi connectivity index (χ3n) is 3.23. The number of hydrogen-bond acceptors (Lipinski definition) is 6. The first kappa shape index (κ1) is 14.2. The van der Waals surface area contributed by atoms with Gasteiger partial charge in [-0.2, -0.15) is 0 Å². The van der Waals surface area contributed by atoms with Crippen molar-refractivity contribution in [3.05, 3.63) is 33.9 Å². The van der Waals surface area contributed by atoms with Crippen LogP contribution in [0, 0.1) is 10.1 Å². The standard InChI is InChI=1S/C12H17N5O3/c13-14-10-6-4-5-9(11(10)17(19)20)12(18)15-16-7-2-1-3-8-16/h4-6,14H,1-3,7-8,13H2,(H,15,18). The average Bonchev–Trinajstić information content (AvgIpc) is 2.47. The molecule has 1 aliphatic heterocycles. The topological polar surface area (TPSA) is 114 Å². The van der Waals surface area contributed by atoms with Crippen LogP contribution in [0.4, 0.5) is 11.4 Å². The van der Waals surface area contributed by atoms with Crippen LogP contribution in [-0.2, 0) is 0 Å². The molecule has 0 radical (unpaired) electrons. The van der Waals surface area contributed by atoms with Crippen LogP contribution in [0.5, 0.6) is 0 Å². The Hall–Kier alpha value is -2.19. The first-order valence-corrected chi connectivity index (χ1v) is 6.43. The first-order valence-electron chi connectivity index (χ1n) is 6.43. The van der Waals surface area contributed by atoms with Crippen LogP contribution in [0.1, 0.15) is 29.6 Å². The molecule has 1 heterocycles. The van der Waals surface area contributed by atoms with Crippen LogP contribution in [0.25, 0.3) is 0 Å². The van der Waals surface area contributed by atoms with Gasteiger partial charge < -0.3 is 5.43 Å². The largest absolute Gasteiger partial charge is 0.318 e. The molecule has 0 aliphatic carbocycles. The van der Waals surface area contributed by atoms with Gasteiger partial charge in [0.1, 0.15) is 11.3 Å². The summed E-state index contributed by atoms with van der Waals surface area (Å²) in [7, 11) is 0. The number of nitrogens with one attached hydrogen (secondary N) is 2. The van der Waals surface area contributed by atoms with E-state index in [-0.39, 0.29) is 16.9 Å². The Balaban J connectivity index is 2.22. The minimum absolute atomic E-state index is 0.00368. The van der Waals surface area contributed by atoms with E-state index in [2.05, 4.69) is 10.9 Å². The number of nitrogens with two attached hydrogens (primary N) is 1. The molecule has 4 N–H and O–H groups in total. The van der Waals surface area contributed by atoms with Crippen molar-refractivity contribution in [2.24, 2.45) is 5.84 Å². The molecule has 0 atom stereocenters. The molecule has 1 aliphatic rings. The van der Waals surface area contributed by atoms with Crippen molar-refractivity contribution in [3.63, 3.8) is 0 Å². The monoisotopic (exact) mass is 279 g/mol. The van der Waals surface area contributed by atoms with Gasteiger partial charge in [0.15, 0.2) is 0 Å². The van der Waals surface area contributed by atoms with E-state index in [0.717, 1.165) is 32.4 Å². The molecule has 0 aromatic heterocycles. The number of nitro benzene ring substituents is 1. The summed E-state index contributed by atoms with van der Waals surface area (Å²) in [6.45, 7) is 1.52. The molecule has 1 fully saturated rings. The lowest BCUT2D eigenvalue weighted by Crippen LogP contribution is -2.45. The number of anilines is 1. The molecule has 8 heteroatoms. The number of piperidine rings is 1. The summed E-state index contributed by atoms with van der Waals surface area (Å²) in [5, 5.41) is 12.9. The Kier molecular flexibility index (Phi) is 4.49. The van der Waals surface area contributed by atoms with Gasteiger partial charge in [0, 0.05) is 13.1 Å². The van der Waals surface area contributed by atoms with Crippen LogP contribution in [0.15, 0.2) is 18.2 Å². The van der Waals surface area contributed by atoms with Crippen molar-refractivity contribution in [3.8, 4) is 0 Å². The fourth-order valence-electron chi connectivity index (χ4n) is 2.25. The zero-order valence-electron chi connectivity index (χ0n) is 11.0. The highest BCUT2D eigenvalue weighted by Crippen LogP contribution is 2.27. The van der Waals surface area contributed by atoms with E-state index in [9.17, 15) is 14.9 Å². The van der Waals surface area contributed by atoms with Gasteiger partial charge in [-0.25, -0.2) is 5.01 Å².